The summed E-state index contributed by atoms with van der Waals surface area (Å²) in [5.74, 6) is 2.17. The molecule has 1 aromatic heterocycles. The Bertz CT molecular complexity index is 1480. The quantitative estimate of drug-likeness (QED) is 0.258. The number of hydrogen-bond donors (Lipinski definition) is 1. The third-order valence-electron chi connectivity index (χ3n) is 6.16. The second-order valence-corrected chi connectivity index (χ2v) is 8.35. The van der Waals surface area contributed by atoms with E-state index in [0.717, 1.165) is 10.9 Å². The van der Waals surface area contributed by atoms with Gasteiger partial charge >= 0.3 is 0 Å². The molecule has 2 heterocycles. The van der Waals surface area contributed by atoms with Crippen LogP contribution in [-0.2, 0) is 17.6 Å². The fraction of sp³-hybridized carbons (Fsp3) is 0.222. The SMILES string of the molecule is COc1cc(CCNC(=O)Cc2c(-c3ccccc3)oc3cc4c(cc23)OCO4)c([N+](=O)[O-])cc1OC. The van der Waals surface area contributed by atoms with Gasteiger partial charge in [0.15, 0.2) is 23.0 Å². The zero-order chi connectivity index (χ0) is 25.9. The number of benzene rings is 3. The van der Waals surface area contributed by atoms with Gasteiger partial charge in [-0.3, -0.25) is 14.9 Å². The monoisotopic (exact) mass is 504 g/mol. The summed E-state index contributed by atoms with van der Waals surface area (Å²) in [7, 11) is 2.87. The number of rotatable bonds is 9. The summed E-state index contributed by atoms with van der Waals surface area (Å²) >= 11 is 0. The van der Waals surface area contributed by atoms with Gasteiger partial charge < -0.3 is 28.7 Å². The molecule has 0 radical (unpaired) electrons. The number of nitro groups is 1. The molecule has 0 aliphatic carbocycles. The Kier molecular flexibility index (Phi) is 6.55. The van der Waals surface area contributed by atoms with Crippen LogP contribution in [0.1, 0.15) is 11.1 Å². The standard InChI is InChI=1S/C27H24N2O8/c1-33-22-10-17(20(29(31)32)13-23(22)34-2)8-9-28-26(30)12-19-18-11-24-25(36-15-35-24)14-21(18)37-27(19)16-6-4-3-5-7-16/h3-7,10-11,13-14H,8-9,12,15H2,1-2H3,(H,28,30). The number of fused-ring (bicyclic) bond motifs is 2. The summed E-state index contributed by atoms with van der Waals surface area (Å²) in [6, 6.07) is 16.0. The summed E-state index contributed by atoms with van der Waals surface area (Å²) in [6.45, 7) is 0.323. The lowest BCUT2D eigenvalue weighted by molar-refractivity contribution is -0.385. The van der Waals surface area contributed by atoms with E-state index >= 15 is 0 Å². The summed E-state index contributed by atoms with van der Waals surface area (Å²) in [6.07, 6.45) is 0.281. The van der Waals surface area contributed by atoms with Crippen molar-refractivity contribution >= 4 is 22.6 Å². The molecule has 1 amide bonds. The lowest BCUT2D eigenvalue weighted by Gasteiger charge is -2.11. The van der Waals surface area contributed by atoms with E-state index in [-0.39, 0.29) is 43.5 Å². The highest BCUT2D eigenvalue weighted by Gasteiger charge is 2.24. The van der Waals surface area contributed by atoms with Crippen LogP contribution in [0.5, 0.6) is 23.0 Å². The fourth-order valence-electron chi connectivity index (χ4n) is 4.38. The normalized spacial score (nSPS) is 11.9. The highest BCUT2D eigenvalue weighted by molar-refractivity contribution is 5.94. The number of ether oxygens (including phenoxy) is 4. The molecule has 0 saturated carbocycles. The van der Waals surface area contributed by atoms with Gasteiger partial charge in [0.1, 0.15) is 11.3 Å². The number of carbonyl (C=O) groups is 1. The first-order valence-electron chi connectivity index (χ1n) is 11.5. The molecule has 0 unspecified atom stereocenters. The van der Waals surface area contributed by atoms with Crippen LogP contribution >= 0.6 is 0 Å². The van der Waals surface area contributed by atoms with E-state index < -0.39 is 4.92 Å². The Morgan fingerprint density at radius 3 is 2.43 bits per heavy atom. The lowest BCUT2D eigenvalue weighted by atomic mass is 10.0. The molecule has 0 bridgehead atoms. The van der Waals surface area contributed by atoms with Gasteiger partial charge in [0.25, 0.3) is 5.69 Å². The van der Waals surface area contributed by atoms with Crippen LogP contribution in [0.15, 0.2) is 59.0 Å². The van der Waals surface area contributed by atoms with E-state index in [1.807, 2.05) is 36.4 Å². The number of nitro benzene ring substituents is 1. The molecule has 1 aliphatic heterocycles. The van der Waals surface area contributed by atoms with Gasteiger partial charge in [0, 0.05) is 34.7 Å². The van der Waals surface area contributed by atoms with E-state index in [2.05, 4.69) is 5.32 Å². The number of carbonyl (C=O) groups excluding carboxylic acids is 1. The molecule has 190 valence electrons. The van der Waals surface area contributed by atoms with Gasteiger partial charge in [-0.05, 0) is 18.6 Å². The molecule has 37 heavy (non-hydrogen) atoms. The smallest absolute Gasteiger partial charge is 0.276 e. The van der Waals surface area contributed by atoms with Crippen LogP contribution in [0.4, 0.5) is 5.69 Å². The van der Waals surface area contributed by atoms with Crippen molar-refractivity contribution in [3.8, 4) is 34.3 Å². The maximum absolute atomic E-state index is 13.0. The van der Waals surface area contributed by atoms with Crippen molar-refractivity contribution in [2.45, 2.75) is 12.8 Å². The third kappa shape index (κ3) is 4.73. The van der Waals surface area contributed by atoms with E-state index in [4.69, 9.17) is 23.4 Å². The first-order valence-corrected chi connectivity index (χ1v) is 11.5. The molecular weight excluding hydrogens is 480 g/mol. The Morgan fingerprint density at radius 2 is 1.73 bits per heavy atom. The zero-order valence-electron chi connectivity index (χ0n) is 20.2. The second-order valence-electron chi connectivity index (χ2n) is 8.35. The average Bonchev–Trinajstić information content (AvgIpc) is 3.51. The van der Waals surface area contributed by atoms with Crippen molar-refractivity contribution in [3.63, 3.8) is 0 Å². The highest BCUT2D eigenvalue weighted by atomic mass is 16.7. The lowest BCUT2D eigenvalue weighted by Crippen LogP contribution is -2.27. The second kappa shape index (κ2) is 10.1. The molecule has 0 atom stereocenters. The third-order valence-corrected chi connectivity index (χ3v) is 6.16. The molecular formula is C27H24N2O8. The van der Waals surface area contributed by atoms with E-state index in [1.54, 1.807) is 12.1 Å². The molecule has 0 fully saturated rings. The molecule has 10 nitrogen and oxygen atoms in total. The van der Waals surface area contributed by atoms with E-state index in [0.29, 0.717) is 39.7 Å². The van der Waals surface area contributed by atoms with Crippen molar-refractivity contribution in [3.05, 3.63) is 75.8 Å². The number of hydrogen-bond acceptors (Lipinski definition) is 8. The molecule has 1 N–H and O–H groups in total. The minimum absolute atomic E-state index is 0.0465. The summed E-state index contributed by atoms with van der Waals surface area (Å²) in [5.41, 5.74) is 2.47. The maximum Gasteiger partial charge on any atom is 0.276 e. The van der Waals surface area contributed by atoms with Gasteiger partial charge in [0.2, 0.25) is 12.7 Å². The number of methoxy groups -OCH3 is 2. The van der Waals surface area contributed by atoms with Crippen LogP contribution in [0, 0.1) is 10.1 Å². The van der Waals surface area contributed by atoms with Gasteiger partial charge in [0.05, 0.1) is 31.6 Å². The summed E-state index contributed by atoms with van der Waals surface area (Å²) in [4.78, 5) is 24.1. The number of nitrogens with zero attached hydrogens (tertiary/aromatic N) is 1. The molecule has 3 aromatic carbocycles. The number of furan rings is 1. The number of nitrogens with one attached hydrogen (secondary N) is 1. The average molecular weight is 504 g/mol. The Morgan fingerprint density at radius 1 is 1.03 bits per heavy atom. The zero-order valence-corrected chi connectivity index (χ0v) is 20.2. The van der Waals surface area contributed by atoms with Gasteiger partial charge in [-0.25, -0.2) is 0 Å². The van der Waals surface area contributed by atoms with Crippen molar-refractivity contribution in [2.24, 2.45) is 0 Å². The van der Waals surface area contributed by atoms with Crippen molar-refractivity contribution in [1.29, 1.82) is 0 Å². The predicted octanol–water partition coefficient (Wildman–Crippen LogP) is 4.66. The Hall–Kier alpha value is -4.73. The topological polar surface area (TPSA) is 122 Å². The molecule has 4 aromatic rings. The first kappa shape index (κ1) is 24.0. The predicted molar refractivity (Wildman–Crippen MR) is 134 cm³/mol. The molecule has 10 heteroatoms. The Labute approximate surface area is 211 Å². The van der Waals surface area contributed by atoms with Crippen LogP contribution in [0.2, 0.25) is 0 Å². The van der Waals surface area contributed by atoms with Gasteiger partial charge in [-0.2, -0.15) is 0 Å². The van der Waals surface area contributed by atoms with Crippen LogP contribution in [-0.4, -0.2) is 38.4 Å². The van der Waals surface area contributed by atoms with E-state index in [9.17, 15) is 14.9 Å². The van der Waals surface area contributed by atoms with Crippen molar-refractivity contribution in [1.82, 2.24) is 5.32 Å². The highest BCUT2D eigenvalue weighted by Crippen LogP contribution is 2.42. The van der Waals surface area contributed by atoms with Crippen LogP contribution in [0.3, 0.4) is 0 Å². The summed E-state index contributed by atoms with van der Waals surface area (Å²) < 4.78 is 27.6. The Balaban J connectivity index is 1.37. The van der Waals surface area contributed by atoms with Crippen molar-refractivity contribution in [2.75, 3.05) is 27.6 Å². The molecule has 1 aliphatic rings. The minimum atomic E-state index is -0.479. The largest absolute Gasteiger partial charge is 0.493 e. The maximum atomic E-state index is 13.0. The molecule has 0 spiro atoms. The van der Waals surface area contributed by atoms with Gasteiger partial charge in [-0.1, -0.05) is 30.3 Å². The van der Waals surface area contributed by atoms with Gasteiger partial charge in [-0.15, -0.1) is 0 Å². The summed E-state index contributed by atoms with van der Waals surface area (Å²) in [5, 5.41) is 15.2. The molecule has 0 saturated heterocycles. The molecule has 5 rings (SSSR count). The van der Waals surface area contributed by atoms with Crippen LogP contribution < -0.4 is 24.3 Å². The van der Waals surface area contributed by atoms with E-state index in [1.165, 1.54) is 20.3 Å². The van der Waals surface area contributed by atoms with Crippen LogP contribution in [0.25, 0.3) is 22.3 Å². The van der Waals surface area contributed by atoms with Crippen molar-refractivity contribution < 1.29 is 33.1 Å². The fourth-order valence-corrected chi connectivity index (χ4v) is 4.38. The minimum Gasteiger partial charge on any atom is -0.493 e. The first-order chi connectivity index (χ1) is 18.0. The number of amides is 1.